The van der Waals surface area contributed by atoms with Gasteiger partial charge in [-0.25, -0.2) is 9.78 Å². The molecule has 21 heavy (non-hydrogen) atoms. The summed E-state index contributed by atoms with van der Waals surface area (Å²) in [5.74, 6) is 0.340. The number of thiazole rings is 1. The summed E-state index contributed by atoms with van der Waals surface area (Å²) in [6, 6.07) is -0.0805. The third-order valence-electron chi connectivity index (χ3n) is 3.64. The van der Waals surface area contributed by atoms with Crippen molar-refractivity contribution in [3.63, 3.8) is 0 Å². The Hall–Kier alpha value is -1.14. The summed E-state index contributed by atoms with van der Waals surface area (Å²) < 4.78 is 0. The highest BCUT2D eigenvalue weighted by Gasteiger charge is 2.23. The van der Waals surface area contributed by atoms with Crippen LogP contribution in [0.3, 0.4) is 0 Å². The second-order valence-corrected chi connectivity index (χ2v) is 7.78. The Bertz CT molecular complexity index is 474. The Morgan fingerprint density at radius 1 is 1.48 bits per heavy atom. The van der Waals surface area contributed by atoms with Crippen LogP contribution in [0, 0.1) is 11.3 Å². The van der Waals surface area contributed by atoms with E-state index in [2.05, 4.69) is 31.1 Å². The van der Waals surface area contributed by atoms with Gasteiger partial charge in [0, 0.05) is 25.1 Å². The molecule has 1 saturated heterocycles. The van der Waals surface area contributed by atoms with Crippen LogP contribution in [-0.4, -0.2) is 40.7 Å². The van der Waals surface area contributed by atoms with Gasteiger partial charge in [-0.3, -0.25) is 5.32 Å². The Morgan fingerprint density at radius 3 is 2.71 bits per heavy atom. The number of likely N-dealkylation sites (tertiary alicyclic amines) is 1. The number of aliphatic hydroxyl groups excluding tert-OH is 1. The van der Waals surface area contributed by atoms with Gasteiger partial charge in [0.05, 0.1) is 5.69 Å². The number of rotatable bonds is 3. The Morgan fingerprint density at radius 2 is 2.14 bits per heavy atom. The summed E-state index contributed by atoms with van der Waals surface area (Å²) in [5, 5.41) is 14.7. The molecule has 1 aromatic rings. The molecule has 0 unspecified atom stereocenters. The van der Waals surface area contributed by atoms with E-state index in [0.29, 0.717) is 24.1 Å². The van der Waals surface area contributed by atoms with E-state index >= 15 is 0 Å². The molecule has 0 aromatic carbocycles. The smallest absolute Gasteiger partial charge is 0.323 e. The van der Waals surface area contributed by atoms with E-state index in [4.69, 9.17) is 5.11 Å². The summed E-state index contributed by atoms with van der Waals surface area (Å²) in [4.78, 5) is 18.5. The number of carbonyl (C=O) groups is 1. The highest BCUT2D eigenvalue weighted by Crippen LogP contribution is 2.24. The number of hydrogen-bond donors (Lipinski definition) is 2. The minimum absolute atomic E-state index is 0.0805. The highest BCUT2D eigenvalue weighted by atomic mass is 32.1. The number of anilines is 1. The fourth-order valence-corrected chi connectivity index (χ4v) is 3.18. The zero-order valence-electron chi connectivity index (χ0n) is 13.1. The first kappa shape index (κ1) is 16.2. The molecule has 5 nitrogen and oxygen atoms in total. The third-order valence-corrected chi connectivity index (χ3v) is 4.44. The van der Waals surface area contributed by atoms with Gasteiger partial charge in [0.15, 0.2) is 5.13 Å². The van der Waals surface area contributed by atoms with Gasteiger partial charge in [-0.1, -0.05) is 20.8 Å². The Balaban J connectivity index is 1.86. The van der Waals surface area contributed by atoms with Crippen molar-refractivity contribution < 1.29 is 9.90 Å². The Kier molecular flexibility index (Phi) is 5.22. The molecule has 2 rings (SSSR count). The van der Waals surface area contributed by atoms with Gasteiger partial charge in [-0.05, 0) is 30.6 Å². The number of carbonyl (C=O) groups excluding carboxylic acids is 1. The fraction of sp³-hybridized carbons (Fsp3) is 0.733. The van der Waals surface area contributed by atoms with Crippen molar-refractivity contribution >= 4 is 22.5 Å². The molecule has 0 aliphatic carbocycles. The van der Waals surface area contributed by atoms with E-state index in [1.165, 1.54) is 11.3 Å². The number of hydrogen-bond acceptors (Lipinski definition) is 4. The lowest BCUT2D eigenvalue weighted by molar-refractivity contribution is 0.143. The summed E-state index contributed by atoms with van der Waals surface area (Å²) in [5.41, 5.74) is 1.23. The molecule has 1 aromatic heterocycles. The maximum atomic E-state index is 12.2. The van der Waals surface area contributed by atoms with Crippen LogP contribution < -0.4 is 5.32 Å². The number of nitrogens with zero attached hydrogens (tertiary/aromatic N) is 2. The molecule has 1 fully saturated rings. The second-order valence-electron chi connectivity index (χ2n) is 6.92. The molecule has 2 N–H and O–H groups in total. The van der Waals surface area contributed by atoms with Crippen LogP contribution in [0.2, 0.25) is 0 Å². The van der Waals surface area contributed by atoms with Crippen molar-refractivity contribution in [1.82, 2.24) is 9.88 Å². The van der Waals surface area contributed by atoms with Crippen LogP contribution in [-0.2, 0) is 6.42 Å². The zero-order chi connectivity index (χ0) is 15.5. The van der Waals surface area contributed by atoms with Crippen LogP contribution >= 0.6 is 11.3 Å². The first-order valence-electron chi connectivity index (χ1n) is 7.48. The lowest BCUT2D eigenvalue weighted by Crippen LogP contribution is -2.41. The molecule has 2 amide bonds. The van der Waals surface area contributed by atoms with Gasteiger partial charge in [0.25, 0.3) is 0 Å². The topological polar surface area (TPSA) is 65.5 Å². The van der Waals surface area contributed by atoms with Crippen molar-refractivity contribution in [2.24, 2.45) is 11.3 Å². The van der Waals surface area contributed by atoms with Crippen LogP contribution in [0.25, 0.3) is 0 Å². The number of urea groups is 1. The highest BCUT2D eigenvalue weighted by molar-refractivity contribution is 7.13. The van der Waals surface area contributed by atoms with Crippen molar-refractivity contribution in [1.29, 1.82) is 0 Å². The van der Waals surface area contributed by atoms with Crippen LogP contribution in [0.4, 0.5) is 9.93 Å². The van der Waals surface area contributed by atoms with E-state index < -0.39 is 0 Å². The molecule has 0 bridgehead atoms. The molecule has 0 atom stereocenters. The van der Waals surface area contributed by atoms with Crippen molar-refractivity contribution in [2.75, 3.05) is 25.0 Å². The minimum Gasteiger partial charge on any atom is -0.396 e. The van der Waals surface area contributed by atoms with Gasteiger partial charge >= 0.3 is 6.03 Å². The first-order valence-corrected chi connectivity index (χ1v) is 8.36. The first-order chi connectivity index (χ1) is 9.87. The summed E-state index contributed by atoms with van der Waals surface area (Å²) in [6.45, 7) is 8.16. The quantitative estimate of drug-likeness (QED) is 0.902. The minimum atomic E-state index is -0.0805. The number of aromatic nitrogens is 1. The molecule has 118 valence electrons. The van der Waals surface area contributed by atoms with Crippen LogP contribution in [0.15, 0.2) is 5.38 Å². The van der Waals surface area contributed by atoms with Crippen molar-refractivity contribution in [2.45, 2.75) is 40.0 Å². The maximum absolute atomic E-state index is 12.2. The zero-order valence-corrected chi connectivity index (χ0v) is 13.9. The van der Waals surface area contributed by atoms with E-state index in [0.717, 1.165) is 25.0 Å². The molecule has 1 aliphatic rings. The number of amides is 2. The summed E-state index contributed by atoms with van der Waals surface area (Å²) in [7, 11) is 0. The third kappa shape index (κ3) is 4.97. The average Bonchev–Trinajstić information content (AvgIpc) is 2.83. The molecular formula is C15H25N3O2S. The summed E-state index contributed by atoms with van der Waals surface area (Å²) in [6.07, 6.45) is 2.65. The lowest BCUT2D eigenvalue weighted by Gasteiger charge is -2.30. The van der Waals surface area contributed by atoms with Crippen molar-refractivity contribution in [3.05, 3.63) is 11.1 Å². The van der Waals surface area contributed by atoms with Gasteiger partial charge in [-0.15, -0.1) is 11.3 Å². The predicted octanol–water partition coefficient (Wildman–Crippen LogP) is 2.97. The van der Waals surface area contributed by atoms with E-state index in [1.54, 1.807) is 4.90 Å². The molecular weight excluding hydrogens is 286 g/mol. The van der Waals surface area contributed by atoms with E-state index in [9.17, 15) is 4.79 Å². The number of aliphatic hydroxyl groups is 1. The SMILES string of the molecule is CC(C)(C)Cc1csc(NC(=O)N2CCC(CO)CC2)n1. The normalized spacial score (nSPS) is 17.0. The number of nitrogens with one attached hydrogen (secondary N) is 1. The molecule has 6 heteroatoms. The molecule has 0 spiro atoms. The largest absolute Gasteiger partial charge is 0.396 e. The number of piperidine rings is 1. The van der Waals surface area contributed by atoms with Crippen LogP contribution in [0.5, 0.6) is 0 Å². The predicted molar refractivity (Wildman–Crippen MR) is 85.7 cm³/mol. The fourth-order valence-electron chi connectivity index (χ4n) is 2.48. The van der Waals surface area contributed by atoms with E-state index in [-0.39, 0.29) is 18.1 Å². The van der Waals surface area contributed by atoms with E-state index in [1.807, 2.05) is 5.38 Å². The monoisotopic (exact) mass is 311 g/mol. The standard InChI is InChI=1S/C15H25N3O2S/c1-15(2,3)8-12-10-21-13(16-12)17-14(20)18-6-4-11(9-19)5-7-18/h10-11,19H,4-9H2,1-3H3,(H,16,17,20). The second kappa shape index (κ2) is 6.75. The molecule has 2 heterocycles. The van der Waals surface area contributed by atoms with Gasteiger partial charge in [0.1, 0.15) is 0 Å². The maximum Gasteiger partial charge on any atom is 0.323 e. The molecule has 0 saturated carbocycles. The van der Waals surface area contributed by atoms with Crippen LogP contribution in [0.1, 0.15) is 39.3 Å². The summed E-state index contributed by atoms with van der Waals surface area (Å²) >= 11 is 1.48. The van der Waals surface area contributed by atoms with Crippen molar-refractivity contribution in [3.8, 4) is 0 Å². The average molecular weight is 311 g/mol. The van der Waals surface area contributed by atoms with Gasteiger partial charge in [0.2, 0.25) is 0 Å². The molecule has 1 aliphatic heterocycles. The Labute approximate surface area is 130 Å². The molecule has 0 radical (unpaired) electrons. The van der Waals surface area contributed by atoms with Gasteiger partial charge < -0.3 is 10.0 Å². The van der Waals surface area contributed by atoms with Gasteiger partial charge in [-0.2, -0.15) is 0 Å². The lowest BCUT2D eigenvalue weighted by atomic mass is 9.91.